The van der Waals surface area contributed by atoms with Gasteiger partial charge in [0.05, 0.1) is 13.3 Å². The Morgan fingerprint density at radius 3 is 2.57 bits per heavy atom. The summed E-state index contributed by atoms with van der Waals surface area (Å²) < 4.78 is 6.31. The van der Waals surface area contributed by atoms with Crippen molar-refractivity contribution in [1.29, 1.82) is 0 Å². The molecular weight excluding hydrogens is 294 g/mol. The van der Waals surface area contributed by atoms with Gasteiger partial charge in [-0.3, -0.25) is 9.78 Å². The topological polar surface area (TPSA) is 82.3 Å². The second kappa shape index (κ2) is 6.61. The fourth-order valence-electron chi connectivity index (χ4n) is 1.94. The summed E-state index contributed by atoms with van der Waals surface area (Å²) in [5, 5.41) is 11.9. The molecule has 2 aromatic heterocycles. The first kappa shape index (κ1) is 14.6. The summed E-state index contributed by atoms with van der Waals surface area (Å²) in [5.74, 6) is 1.10. The number of methoxy groups -OCH3 is 1. The van der Waals surface area contributed by atoms with Crippen LogP contribution in [0.5, 0.6) is 5.75 Å². The van der Waals surface area contributed by atoms with Gasteiger partial charge in [-0.1, -0.05) is 0 Å². The quantitative estimate of drug-likeness (QED) is 0.684. The van der Waals surface area contributed by atoms with Crippen molar-refractivity contribution in [2.45, 2.75) is 0 Å². The van der Waals surface area contributed by atoms with Gasteiger partial charge in [-0.15, -0.1) is 5.10 Å². The summed E-state index contributed by atoms with van der Waals surface area (Å²) >= 11 is 0. The molecule has 0 N–H and O–H groups in total. The normalized spacial score (nSPS) is 10.8. The number of rotatable bonds is 4. The number of hydrogen-bond acceptors (Lipinski definition) is 6. The van der Waals surface area contributed by atoms with E-state index in [9.17, 15) is 4.79 Å². The monoisotopic (exact) mass is 307 g/mol. The van der Waals surface area contributed by atoms with Gasteiger partial charge >= 0.3 is 0 Å². The van der Waals surface area contributed by atoms with Crippen LogP contribution in [-0.4, -0.2) is 33.2 Å². The van der Waals surface area contributed by atoms with E-state index in [0.717, 1.165) is 17.5 Å². The molecule has 0 aliphatic carbocycles. The molecule has 0 spiro atoms. The number of aromatic nitrogens is 4. The van der Waals surface area contributed by atoms with Crippen LogP contribution < -0.4 is 10.3 Å². The molecule has 1 aromatic carbocycles. The lowest BCUT2D eigenvalue weighted by molar-refractivity contribution is 0.415. The van der Waals surface area contributed by atoms with Crippen LogP contribution in [0.3, 0.4) is 0 Å². The van der Waals surface area contributed by atoms with E-state index in [-0.39, 0.29) is 5.56 Å². The van der Waals surface area contributed by atoms with Gasteiger partial charge in [-0.05, 0) is 42.0 Å². The van der Waals surface area contributed by atoms with Gasteiger partial charge in [0, 0.05) is 18.0 Å². The zero-order valence-corrected chi connectivity index (χ0v) is 12.3. The minimum absolute atomic E-state index is 0.352. The van der Waals surface area contributed by atoms with Gasteiger partial charge in [-0.2, -0.15) is 14.9 Å². The molecule has 0 atom stereocenters. The van der Waals surface area contributed by atoms with E-state index in [4.69, 9.17) is 4.74 Å². The van der Waals surface area contributed by atoms with E-state index >= 15 is 0 Å². The average Bonchev–Trinajstić information content (AvgIpc) is 2.62. The van der Waals surface area contributed by atoms with Gasteiger partial charge in [0.25, 0.3) is 5.56 Å². The van der Waals surface area contributed by atoms with Crippen LogP contribution in [0.1, 0.15) is 5.56 Å². The third-order valence-corrected chi connectivity index (χ3v) is 3.11. The number of hydrogen-bond donors (Lipinski definition) is 0. The fraction of sp³-hybridized carbons (Fsp3) is 0.0625. The molecule has 3 rings (SSSR count). The van der Waals surface area contributed by atoms with E-state index in [2.05, 4.69) is 20.3 Å². The smallest absolute Gasteiger partial charge is 0.293 e. The first-order valence-electron chi connectivity index (χ1n) is 6.81. The molecule has 0 amide bonds. The van der Waals surface area contributed by atoms with Gasteiger partial charge in [0.2, 0.25) is 0 Å². The Morgan fingerprint density at radius 2 is 1.87 bits per heavy atom. The van der Waals surface area contributed by atoms with Gasteiger partial charge < -0.3 is 4.74 Å². The zero-order valence-electron chi connectivity index (χ0n) is 12.3. The maximum absolute atomic E-state index is 12.0. The SMILES string of the molecule is COc1ccc(/C=N/n2c(-c3ccncc3)nncc2=O)cc1. The van der Waals surface area contributed by atoms with Crippen LogP contribution in [-0.2, 0) is 0 Å². The lowest BCUT2D eigenvalue weighted by Crippen LogP contribution is -2.20. The van der Waals surface area contributed by atoms with Crippen LogP contribution in [0.25, 0.3) is 11.4 Å². The Kier molecular flexibility index (Phi) is 4.19. The van der Waals surface area contributed by atoms with Crippen LogP contribution in [0.15, 0.2) is 64.9 Å². The molecule has 7 heteroatoms. The maximum atomic E-state index is 12.0. The first-order valence-corrected chi connectivity index (χ1v) is 6.81. The zero-order chi connectivity index (χ0) is 16.1. The van der Waals surface area contributed by atoms with Crippen molar-refractivity contribution in [3.63, 3.8) is 0 Å². The van der Waals surface area contributed by atoms with Crippen LogP contribution >= 0.6 is 0 Å². The highest BCUT2D eigenvalue weighted by atomic mass is 16.5. The van der Waals surface area contributed by atoms with Crippen molar-refractivity contribution in [3.05, 3.63) is 70.9 Å². The molecule has 0 fully saturated rings. The van der Waals surface area contributed by atoms with E-state index in [1.165, 1.54) is 4.68 Å². The predicted molar refractivity (Wildman–Crippen MR) is 85.5 cm³/mol. The van der Waals surface area contributed by atoms with E-state index in [1.54, 1.807) is 37.9 Å². The van der Waals surface area contributed by atoms with Crippen molar-refractivity contribution in [2.24, 2.45) is 5.10 Å². The van der Waals surface area contributed by atoms with Crippen LogP contribution in [0.2, 0.25) is 0 Å². The summed E-state index contributed by atoms with van der Waals surface area (Å²) in [6, 6.07) is 10.8. The highest BCUT2D eigenvalue weighted by molar-refractivity contribution is 5.79. The van der Waals surface area contributed by atoms with Crippen molar-refractivity contribution in [3.8, 4) is 17.1 Å². The Labute approximate surface area is 131 Å². The first-order chi connectivity index (χ1) is 11.3. The highest BCUT2D eigenvalue weighted by Gasteiger charge is 2.07. The molecule has 0 aliphatic rings. The average molecular weight is 307 g/mol. The molecular formula is C16H13N5O2. The minimum atomic E-state index is -0.364. The number of nitrogens with zero attached hydrogens (tertiary/aromatic N) is 5. The lowest BCUT2D eigenvalue weighted by atomic mass is 10.2. The van der Waals surface area contributed by atoms with Crippen molar-refractivity contribution >= 4 is 6.21 Å². The molecule has 114 valence electrons. The second-order valence-electron chi connectivity index (χ2n) is 4.57. The summed E-state index contributed by atoms with van der Waals surface area (Å²) in [5.41, 5.74) is 1.17. The number of benzene rings is 1. The molecule has 0 saturated carbocycles. The Hall–Kier alpha value is -3.35. The van der Waals surface area contributed by atoms with E-state index < -0.39 is 0 Å². The molecule has 2 heterocycles. The molecule has 0 unspecified atom stereocenters. The standard InChI is InChI=1S/C16H13N5O2/c1-23-14-4-2-12(3-5-14)10-19-21-15(22)11-18-20-16(21)13-6-8-17-9-7-13/h2-11H,1H3/b19-10+. The summed E-state index contributed by atoms with van der Waals surface area (Å²) in [4.78, 5) is 16.0. The van der Waals surface area contributed by atoms with Crippen LogP contribution in [0.4, 0.5) is 0 Å². The molecule has 0 radical (unpaired) electrons. The minimum Gasteiger partial charge on any atom is -0.497 e. The third-order valence-electron chi connectivity index (χ3n) is 3.11. The van der Waals surface area contributed by atoms with Crippen LogP contribution in [0, 0.1) is 0 Å². The van der Waals surface area contributed by atoms with Crippen molar-refractivity contribution in [1.82, 2.24) is 19.9 Å². The molecule has 7 nitrogen and oxygen atoms in total. The largest absolute Gasteiger partial charge is 0.497 e. The second-order valence-corrected chi connectivity index (χ2v) is 4.57. The van der Waals surface area contributed by atoms with Gasteiger partial charge in [0.1, 0.15) is 11.9 Å². The van der Waals surface area contributed by atoms with E-state index in [0.29, 0.717) is 11.4 Å². The van der Waals surface area contributed by atoms with E-state index in [1.807, 2.05) is 24.3 Å². The number of pyridine rings is 1. The molecule has 0 bridgehead atoms. The van der Waals surface area contributed by atoms with Gasteiger partial charge in [-0.25, -0.2) is 0 Å². The van der Waals surface area contributed by atoms with Crippen molar-refractivity contribution in [2.75, 3.05) is 7.11 Å². The molecule has 3 aromatic rings. The molecule has 0 saturated heterocycles. The Balaban J connectivity index is 1.99. The molecule has 23 heavy (non-hydrogen) atoms. The van der Waals surface area contributed by atoms with Crippen molar-refractivity contribution < 1.29 is 4.74 Å². The Morgan fingerprint density at radius 1 is 1.13 bits per heavy atom. The Bertz CT molecular complexity index is 873. The summed E-state index contributed by atoms with van der Waals surface area (Å²) in [6.45, 7) is 0. The molecule has 0 aliphatic heterocycles. The maximum Gasteiger partial charge on any atom is 0.293 e. The summed E-state index contributed by atoms with van der Waals surface area (Å²) in [7, 11) is 1.60. The number of ether oxygens (including phenoxy) is 1. The fourth-order valence-corrected chi connectivity index (χ4v) is 1.94. The summed E-state index contributed by atoms with van der Waals surface area (Å²) in [6.07, 6.45) is 5.93. The highest BCUT2D eigenvalue weighted by Crippen LogP contribution is 2.13. The lowest BCUT2D eigenvalue weighted by Gasteiger charge is -2.05. The third kappa shape index (κ3) is 3.29. The predicted octanol–water partition coefficient (Wildman–Crippen LogP) is 1.59. The van der Waals surface area contributed by atoms with Gasteiger partial charge in [0.15, 0.2) is 5.82 Å².